The highest BCUT2D eigenvalue weighted by atomic mass is 35.5. The van der Waals surface area contributed by atoms with Crippen LogP contribution in [0.5, 0.6) is 0 Å². The van der Waals surface area contributed by atoms with E-state index in [2.05, 4.69) is 26.6 Å². The molecule has 2 heterocycles. The Bertz CT molecular complexity index is 917. The number of benzene rings is 1. The lowest BCUT2D eigenvalue weighted by molar-refractivity contribution is 0.0309. The molecule has 2 aromatic rings. The number of morpholine rings is 1. The number of thioether (sulfide) groups is 1. The second-order valence-corrected chi connectivity index (χ2v) is 8.65. The summed E-state index contributed by atoms with van der Waals surface area (Å²) in [6.45, 7) is 5.49. The van der Waals surface area contributed by atoms with Crippen LogP contribution in [0.1, 0.15) is 17.7 Å². The van der Waals surface area contributed by atoms with Gasteiger partial charge in [-0.15, -0.1) is 0 Å². The van der Waals surface area contributed by atoms with Crippen LogP contribution < -0.4 is 10.6 Å². The SMILES string of the molecule is N#CNC(=NCC=Cc1ccc(Cl)cc1)NCCCSc1ccc(CN2CCOCC2)o1. The zero-order valence-corrected chi connectivity index (χ0v) is 19.5. The van der Waals surface area contributed by atoms with Crippen molar-refractivity contribution in [3.05, 3.63) is 58.8 Å². The predicted octanol–water partition coefficient (Wildman–Crippen LogP) is 3.98. The van der Waals surface area contributed by atoms with Gasteiger partial charge in [-0.25, -0.2) is 4.99 Å². The number of nitrogens with zero attached hydrogens (tertiary/aromatic N) is 3. The Hall–Kier alpha value is -2.44. The molecular formula is C23H28ClN5O2S. The number of nitriles is 1. The smallest absolute Gasteiger partial charge is 0.205 e. The van der Waals surface area contributed by atoms with E-state index in [0.717, 1.165) is 61.4 Å². The molecule has 1 fully saturated rings. The van der Waals surface area contributed by atoms with Crippen molar-refractivity contribution < 1.29 is 9.15 Å². The summed E-state index contributed by atoms with van der Waals surface area (Å²) < 4.78 is 11.3. The van der Waals surface area contributed by atoms with Crippen molar-refractivity contribution in [3.63, 3.8) is 0 Å². The first-order valence-corrected chi connectivity index (χ1v) is 12.0. The molecule has 1 aliphatic heterocycles. The lowest BCUT2D eigenvalue weighted by atomic mass is 10.2. The van der Waals surface area contributed by atoms with Gasteiger partial charge in [0.15, 0.2) is 11.3 Å². The van der Waals surface area contributed by atoms with Gasteiger partial charge < -0.3 is 14.5 Å². The Morgan fingerprint density at radius 1 is 1.22 bits per heavy atom. The Kier molecular flexibility index (Phi) is 10.5. The van der Waals surface area contributed by atoms with Crippen molar-refractivity contribution >= 4 is 35.4 Å². The van der Waals surface area contributed by atoms with Gasteiger partial charge in [-0.1, -0.05) is 47.6 Å². The van der Waals surface area contributed by atoms with Crippen LogP contribution in [0, 0.1) is 11.5 Å². The van der Waals surface area contributed by atoms with Crippen LogP contribution in [0.3, 0.4) is 0 Å². The van der Waals surface area contributed by atoms with Gasteiger partial charge in [-0.05, 0) is 36.2 Å². The maximum absolute atomic E-state index is 8.93. The normalized spacial score (nSPS) is 15.1. The highest BCUT2D eigenvalue weighted by Crippen LogP contribution is 2.22. The zero-order valence-electron chi connectivity index (χ0n) is 17.9. The van der Waals surface area contributed by atoms with Crippen molar-refractivity contribution in [2.75, 3.05) is 45.1 Å². The molecule has 2 N–H and O–H groups in total. The average molecular weight is 474 g/mol. The molecule has 0 spiro atoms. The fourth-order valence-electron chi connectivity index (χ4n) is 3.05. The van der Waals surface area contributed by atoms with E-state index in [9.17, 15) is 0 Å². The van der Waals surface area contributed by atoms with E-state index >= 15 is 0 Å². The van der Waals surface area contributed by atoms with E-state index in [1.165, 1.54) is 0 Å². The van der Waals surface area contributed by atoms with E-state index in [0.29, 0.717) is 24.1 Å². The predicted molar refractivity (Wildman–Crippen MR) is 130 cm³/mol. The van der Waals surface area contributed by atoms with Gasteiger partial charge in [0.05, 0.1) is 26.3 Å². The fraction of sp³-hybridized carbons (Fsp3) is 0.391. The molecule has 0 atom stereocenters. The van der Waals surface area contributed by atoms with Crippen molar-refractivity contribution in [3.8, 4) is 6.19 Å². The summed E-state index contributed by atoms with van der Waals surface area (Å²) in [5.41, 5.74) is 1.05. The van der Waals surface area contributed by atoms with E-state index in [4.69, 9.17) is 26.0 Å². The summed E-state index contributed by atoms with van der Waals surface area (Å²) in [6, 6.07) is 11.7. The number of rotatable bonds is 10. The van der Waals surface area contributed by atoms with Crippen LogP contribution in [0.15, 0.2) is 57.0 Å². The molecule has 9 heteroatoms. The number of nitrogens with one attached hydrogen (secondary N) is 2. The summed E-state index contributed by atoms with van der Waals surface area (Å²) in [5, 5.41) is 16.3. The molecule has 170 valence electrons. The largest absolute Gasteiger partial charge is 0.454 e. The van der Waals surface area contributed by atoms with Gasteiger partial charge in [0.1, 0.15) is 5.76 Å². The molecule has 0 aliphatic carbocycles. The molecule has 0 saturated carbocycles. The minimum absolute atomic E-state index is 0.465. The highest BCUT2D eigenvalue weighted by molar-refractivity contribution is 7.99. The summed E-state index contributed by atoms with van der Waals surface area (Å²) in [6.07, 6.45) is 6.74. The molecule has 32 heavy (non-hydrogen) atoms. The second kappa shape index (κ2) is 13.9. The third-order valence-corrected chi connectivity index (χ3v) is 5.94. The highest BCUT2D eigenvalue weighted by Gasteiger charge is 2.13. The molecular weight excluding hydrogens is 446 g/mol. The maximum atomic E-state index is 8.93. The molecule has 7 nitrogen and oxygen atoms in total. The number of ether oxygens (including phenoxy) is 1. The Morgan fingerprint density at radius 2 is 2.03 bits per heavy atom. The molecule has 1 aromatic carbocycles. The van der Waals surface area contributed by atoms with E-state index in [1.807, 2.05) is 48.7 Å². The monoisotopic (exact) mass is 473 g/mol. The van der Waals surface area contributed by atoms with Gasteiger partial charge >= 0.3 is 0 Å². The van der Waals surface area contributed by atoms with Crippen molar-refractivity contribution in [2.24, 2.45) is 4.99 Å². The number of halogens is 1. The van der Waals surface area contributed by atoms with E-state index in [1.54, 1.807) is 11.8 Å². The molecule has 1 aliphatic rings. The number of guanidine groups is 1. The van der Waals surface area contributed by atoms with E-state index < -0.39 is 0 Å². The molecule has 0 unspecified atom stereocenters. The van der Waals surface area contributed by atoms with Crippen molar-refractivity contribution in [2.45, 2.75) is 18.1 Å². The quantitative estimate of drug-likeness (QED) is 0.135. The lowest BCUT2D eigenvalue weighted by Crippen LogP contribution is -2.35. The molecule has 0 radical (unpaired) electrons. The Labute approximate surface area is 198 Å². The van der Waals surface area contributed by atoms with Crippen LogP contribution in [0.4, 0.5) is 0 Å². The van der Waals surface area contributed by atoms with Gasteiger partial charge in [-0.2, -0.15) is 5.26 Å². The maximum Gasteiger partial charge on any atom is 0.205 e. The van der Waals surface area contributed by atoms with Crippen molar-refractivity contribution in [1.29, 1.82) is 5.26 Å². The fourth-order valence-corrected chi connectivity index (χ4v) is 4.00. The standard InChI is InChI=1S/C23H28ClN5O2S/c24-20-6-4-19(5-7-20)3-1-10-26-23(28-18-25)27-11-2-16-32-22-9-8-21(31-22)17-29-12-14-30-15-13-29/h1,3-9H,2,10-17H2,(H2,26,27,28). The minimum atomic E-state index is 0.465. The summed E-state index contributed by atoms with van der Waals surface area (Å²) in [5.74, 6) is 2.38. The number of aliphatic imine (C=N–C) groups is 1. The first-order valence-electron chi connectivity index (χ1n) is 10.6. The molecule has 0 amide bonds. The molecule has 3 rings (SSSR count). The van der Waals surface area contributed by atoms with Crippen LogP contribution in [-0.2, 0) is 11.3 Å². The second-order valence-electron chi connectivity index (χ2n) is 7.12. The van der Waals surface area contributed by atoms with Crippen LogP contribution in [0.25, 0.3) is 6.08 Å². The molecule has 1 saturated heterocycles. The van der Waals surface area contributed by atoms with Gasteiger partial charge in [-0.3, -0.25) is 10.2 Å². The van der Waals surface area contributed by atoms with Gasteiger partial charge in [0.2, 0.25) is 5.96 Å². The Morgan fingerprint density at radius 3 is 2.81 bits per heavy atom. The summed E-state index contributed by atoms with van der Waals surface area (Å²) in [7, 11) is 0. The summed E-state index contributed by atoms with van der Waals surface area (Å²) in [4.78, 5) is 6.72. The number of hydrogen-bond acceptors (Lipinski definition) is 6. The first-order chi connectivity index (χ1) is 15.7. The lowest BCUT2D eigenvalue weighted by Gasteiger charge is -2.25. The van der Waals surface area contributed by atoms with Gasteiger partial charge in [0, 0.05) is 30.4 Å². The molecule has 1 aromatic heterocycles. The van der Waals surface area contributed by atoms with E-state index in [-0.39, 0.29) is 0 Å². The number of furan rings is 1. The minimum Gasteiger partial charge on any atom is -0.454 e. The third-order valence-electron chi connectivity index (χ3n) is 4.69. The number of hydrogen-bond donors (Lipinski definition) is 2. The van der Waals surface area contributed by atoms with Crippen molar-refractivity contribution in [1.82, 2.24) is 15.5 Å². The summed E-state index contributed by atoms with van der Waals surface area (Å²) >= 11 is 7.58. The van der Waals surface area contributed by atoms with Crippen LogP contribution in [-0.4, -0.2) is 56.0 Å². The topological polar surface area (TPSA) is 85.8 Å². The van der Waals surface area contributed by atoms with Crippen LogP contribution in [0.2, 0.25) is 5.02 Å². The third kappa shape index (κ3) is 8.97. The zero-order chi connectivity index (χ0) is 22.4. The van der Waals surface area contributed by atoms with Crippen LogP contribution >= 0.6 is 23.4 Å². The average Bonchev–Trinajstić information content (AvgIpc) is 3.25. The Balaban J connectivity index is 1.33. The molecule has 0 bridgehead atoms. The first kappa shape index (κ1) is 24.2. The van der Waals surface area contributed by atoms with Gasteiger partial charge in [0.25, 0.3) is 0 Å².